The molecule has 0 aromatic heterocycles. The molecule has 2 unspecified atom stereocenters. The summed E-state index contributed by atoms with van der Waals surface area (Å²) in [4.78, 5) is 0. The number of rotatable bonds is 1. The van der Waals surface area contributed by atoms with E-state index in [1.807, 2.05) is 6.92 Å². The van der Waals surface area contributed by atoms with Gasteiger partial charge in [-0.3, -0.25) is 0 Å². The second-order valence-corrected chi connectivity index (χ2v) is 1.89. The summed E-state index contributed by atoms with van der Waals surface area (Å²) in [6.45, 7) is 3.40. The molecule has 0 radical (unpaired) electrons. The van der Waals surface area contributed by atoms with Crippen LogP contribution in [-0.2, 0) is 0 Å². The molecule has 2 atom stereocenters. The monoisotopic (exact) mass is 128 g/mol. The molecule has 0 saturated heterocycles. The van der Waals surface area contributed by atoms with Gasteiger partial charge in [-0.15, -0.1) is 0 Å². The van der Waals surface area contributed by atoms with Gasteiger partial charge in [0, 0.05) is 0 Å². The molecule has 2 N–H and O–H groups in total. The van der Waals surface area contributed by atoms with E-state index in [2.05, 4.69) is 11.8 Å². The van der Waals surface area contributed by atoms with Crippen LogP contribution < -0.4 is 0 Å². The summed E-state index contributed by atoms with van der Waals surface area (Å²) in [6, 6.07) is 0. The van der Waals surface area contributed by atoms with E-state index in [1.165, 1.54) is 0 Å². The first-order valence-electron chi connectivity index (χ1n) is 3.04. The first kappa shape index (κ1) is 8.48. The van der Waals surface area contributed by atoms with Gasteiger partial charge >= 0.3 is 0 Å². The maximum Gasteiger partial charge on any atom is 0.114 e. The number of aliphatic hydroxyl groups is 2. The fourth-order valence-corrected chi connectivity index (χ4v) is 0.319. The molecule has 0 spiro atoms. The Kier molecular flexibility index (Phi) is 4.12. The van der Waals surface area contributed by atoms with Gasteiger partial charge in [-0.25, -0.2) is 0 Å². The molecular formula is C7H12O2. The maximum atomic E-state index is 8.82. The van der Waals surface area contributed by atoms with Crippen LogP contribution in [-0.4, -0.2) is 22.4 Å². The van der Waals surface area contributed by atoms with Crippen molar-refractivity contribution in [2.75, 3.05) is 0 Å². The van der Waals surface area contributed by atoms with Crippen molar-refractivity contribution in [3.05, 3.63) is 0 Å². The third-order valence-electron chi connectivity index (χ3n) is 0.846. The minimum absolute atomic E-state index is 0.584. The minimum atomic E-state index is -0.633. The van der Waals surface area contributed by atoms with E-state index < -0.39 is 12.2 Å². The predicted molar refractivity (Wildman–Crippen MR) is 35.8 cm³/mol. The molecule has 0 rings (SSSR count). The summed E-state index contributed by atoms with van der Waals surface area (Å²) in [5, 5.41) is 17.4. The summed E-state index contributed by atoms with van der Waals surface area (Å²) in [7, 11) is 0. The quantitative estimate of drug-likeness (QED) is 0.493. The van der Waals surface area contributed by atoms with Crippen molar-refractivity contribution in [3.63, 3.8) is 0 Å². The van der Waals surface area contributed by atoms with Crippen molar-refractivity contribution < 1.29 is 10.2 Å². The zero-order valence-electron chi connectivity index (χ0n) is 5.76. The molecule has 0 aliphatic heterocycles. The van der Waals surface area contributed by atoms with Gasteiger partial charge in [0.05, 0.1) is 0 Å². The van der Waals surface area contributed by atoms with Crippen LogP contribution in [0.5, 0.6) is 0 Å². The van der Waals surface area contributed by atoms with E-state index in [-0.39, 0.29) is 0 Å². The number of hydrogen-bond acceptors (Lipinski definition) is 2. The van der Waals surface area contributed by atoms with Crippen molar-refractivity contribution >= 4 is 0 Å². The molecule has 0 aromatic carbocycles. The van der Waals surface area contributed by atoms with Gasteiger partial charge in [0.15, 0.2) is 0 Å². The van der Waals surface area contributed by atoms with E-state index in [0.29, 0.717) is 6.42 Å². The average Bonchev–Trinajstić information content (AvgIpc) is 1.83. The lowest BCUT2D eigenvalue weighted by atomic mass is 10.3. The maximum absolute atomic E-state index is 8.82. The summed E-state index contributed by atoms with van der Waals surface area (Å²) < 4.78 is 0. The van der Waals surface area contributed by atoms with E-state index in [0.717, 1.165) is 0 Å². The van der Waals surface area contributed by atoms with Crippen LogP contribution in [0.1, 0.15) is 20.3 Å². The third kappa shape index (κ3) is 5.35. The highest BCUT2D eigenvalue weighted by Gasteiger charge is 1.91. The van der Waals surface area contributed by atoms with Crippen LogP contribution >= 0.6 is 0 Å². The molecular weight excluding hydrogens is 116 g/mol. The molecule has 0 aromatic rings. The fraction of sp³-hybridized carbons (Fsp3) is 0.714. The van der Waals surface area contributed by atoms with Gasteiger partial charge in [0.2, 0.25) is 0 Å². The zero-order valence-corrected chi connectivity index (χ0v) is 5.76. The molecule has 0 aliphatic rings. The minimum Gasteiger partial charge on any atom is -0.381 e. The summed E-state index contributed by atoms with van der Waals surface area (Å²) in [6.07, 6.45) is -0.606. The smallest absolute Gasteiger partial charge is 0.114 e. The highest BCUT2D eigenvalue weighted by atomic mass is 16.3. The van der Waals surface area contributed by atoms with Gasteiger partial charge < -0.3 is 10.2 Å². The van der Waals surface area contributed by atoms with Crippen LogP contribution in [0.15, 0.2) is 0 Å². The van der Waals surface area contributed by atoms with Gasteiger partial charge in [0.1, 0.15) is 12.2 Å². The first-order chi connectivity index (χ1) is 4.16. The molecule has 0 fully saturated rings. The molecule has 2 nitrogen and oxygen atoms in total. The topological polar surface area (TPSA) is 40.5 Å². The van der Waals surface area contributed by atoms with E-state index in [4.69, 9.17) is 10.2 Å². The Labute approximate surface area is 55.5 Å². The fourth-order valence-electron chi connectivity index (χ4n) is 0.319. The summed E-state index contributed by atoms with van der Waals surface area (Å²) in [5.41, 5.74) is 0. The predicted octanol–water partition coefficient (Wildman–Crippen LogP) is 0.142. The molecule has 0 bridgehead atoms. The lowest BCUT2D eigenvalue weighted by molar-refractivity contribution is 0.224. The van der Waals surface area contributed by atoms with Crippen LogP contribution in [0.3, 0.4) is 0 Å². The van der Waals surface area contributed by atoms with Crippen molar-refractivity contribution in [2.45, 2.75) is 32.5 Å². The lowest BCUT2D eigenvalue weighted by Gasteiger charge is -1.94. The highest BCUT2D eigenvalue weighted by Crippen LogP contribution is 1.85. The van der Waals surface area contributed by atoms with Crippen molar-refractivity contribution in [2.24, 2.45) is 0 Å². The van der Waals surface area contributed by atoms with E-state index >= 15 is 0 Å². The Hall–Kier alpha value is -0.520. The molecule has 0 heterocycles. The van der Waals surface area contributed by atoms with Crippen LogP contribution in [0.2, 0.25) is 0 Å². The normalized spacial score (nSPS) is 15.6. The van der Waals surface area contributed by atoms with Gasteiger partial charge in [-0.1, -0.05) is 18.8 Å². The van der Waals surface area contributed by atoms with E-state index in [1.54, 1.807) is 6.92 Å². The SMILES string of the molecule is CCC(O)C#CC(C)O. The van der Waals surface area contributed by atoms with E-state index in [9.17, 15) is 0 Å². The van der Waals surface area contributed by atoms with Crippen LogP contribution in [0.25, 0.3) is 0 Å². The summed E-state index contributed by atoms with van der Waals surface area (Å²) >= 11 is 0. The standard InChI is InChI=1S/C7H12O2/c1-3-7(9)5-4-6(2)8/h6-9H,3H2,1-2H3. The Morgan fingerprint density at radius 1 is 1.33 bits per heavy atom. The van der Waals surface area contributed by atoms with Crippen molar-refractivity contribution in [1.82, 2.24) is 0 Å². The lowest BCUT2D eigenvalue weighted by Crippen LogP contribution is -2.02. The Morgan fingerprint density at radius 3 is 2.22 bits per heavy atom. The Morgan fingerprint density at radius 2 is 1.89 bits per heavy atom. The Bertz CT molecular complexity index is 119. The van der Waals surface area contributed by atoms with Crippen molar-refractivity contribution in [3.8, 4) is 11.8 Å². The molecule has 52 valence electrons. The van der Waals surface area contributed by atoms with Gasteiger partial charge in [-0.2, -0.15) is 0 Å². The average molecular weight is 128 g/mol. The molecule has 0 saturated carbocycles. The second kappa shape index (κ2) is 4.37. The highest BCUT2D eigenvalue weighted by molar-refractivity contribution is 5.07. The zero-order chi connectivity index (χ0) is 7.28. The van der Waals surface area contributed by atoms with Crippen LogP contribution in [0, 0.1) is 11.8 Å². The van der Waals surface area contributed by atoms with Gasteiger partial charge in [0.25, 0.3) is 0 Å². The largest absolute Gasteiger partial charge is 0.381 e. The Balaban J connectivity index is 3.58. The molecule has 9 heavy (non-hydrogen) atoms. The number of hydrogen-bond donors (Lipinski definition) is 2. The molecule has 0 amide bonds. The summed E-state index contributed by atoms with van der Waals surface area (Å²) in [5.74, 6) is 4.94. The van der Waals surface area contributed by atoms with Crippen LogP contribution in [0.4, 0.5) is 0 Å². The van der Waals surface area contributed by atoms with Gasteiger partial charge in [-0.05, 0) is 13.3 Å². The second-order valence-electron chi connectivity index (χ2n) is 1.89. The molecule has 0 aliphatic carbocycles. The third-order valence-corrected chi connectivity index (χ3v) is 0.846. The number of aliphatic hydroxyl groups excluding tert-OH is 2. The van der Waals surface area contributed by atoms with Crippen molar-refractivity contribution in [1.29, 1.82) is 0 Å². The molecule has 2 heteroatoms. The first-order valence-corrected chi connectivity index (χ1v) is 3.04.